The van der Waals surface area contributed by atoms with Crippen LogP contribution in [0.2, 0.25) is 0 Å². The summed E-state index contributed by atoms with van der Waals surface area (Å²) in [6.45, 7) is 6.53. The summed E-state index contributed by atoms with van der Waals surface area (Å²) in [5.74, 6) is 1.62. The maximum Gasteiger partial charge on any atom is 0.240 e. The van der Waals surface area contributed by atoms with Gasteiger partial charge in [0.2, 0.25) is 5.91 Å². The standard InChI is InChI=1S/C27H29ClN6O/c1-19(28)27(35)33-15-9-14-32(16-17-33)25-24-20(2)31-34(22-12-7-4-8-13-22)26(24)30-23(29-25)18-21-10-5-3-6-11-21/h3-8,10-13,19H,9,14-18H2,1-2H3/t19-/m0/s1. The van der Waals surface area contributed by atoms with Gasteiger partial charge < -0.3 is 9.80 Å². The van der Waals surface area contributed by atoms with Gasteiger partial charge in [0.15, 0.2) is 5.65 Å². The second kappa shape index (κ2) is 10.0. The fourth-order valence-electron chi connectivity index (χ4n) is 4.64. The van der Waals surface area contributed by atoms with Crippen LogP contribution in [0.1, 0.15) is 30.4 Å². The average molecular weight is 489 g/mol. The first kappa shape index (κ1) is 23.3. The lowest BCUT2D eigenvalue weighted by molar-refractivity contribution is -0.130. The third-order valence-electron chi connectivity index (χ3n) is 6.38. The molecule has 0 radical (unpaired) electrons. The summed E-state index contributed by atoms with van der Waals surface area (Å²) in [5.41, 5.74) is 3.81. The van der Waals surface area contributed by atoms with Gasteiger partial charge in [-0.15, -0.1) is 11.6 Å². The minimum absolute atomic E-state index is 0.0146. The van der Waals surface area contributed by atoms with E-state index < -0.39 is 5.38 Å². The number of carbonyl (C=O) groups excluding carboxylic acids is 1. The Kier molecular flexibility index (Phi) is 6.68. The van der Waals surface area contributed by atoms with E-state index in [4.69, 9.17) is 26.7 Å². The van der Waals surface area contributed by atoms with Crippen molar-refractivity contribution in [1.29, 1.82) is 0 Å². The minimum Gasteiger partial charge on any atom is -0.354 e. The zero-order valence-electron chi connectivity index (χ0n) is 20.1. The number of hydrogen-bond donors (Lipinski definition) is 0. The van der Waals surface area contributed by atoms with Crippen LogP contribution in [0.5, 0.6) is 0 Å². The predicted octanol–water partition coefficient (Wildman–Crippen LogP) is 4.38. The molecule has 5 rings (SSSR count). The number of alkyl halides is 1. The molecule has 0 spiro atoms. The van der Waals surface area contributed by atoms with Gasteiger partial charge in [-0.1, -0.05) is 48.5 Å². The topological polar surface area (TPSA) is 67.2 Å². The molecule has 0 unspecified atom stereocenters. The van der Waals surface area contributed by atoms with E-state index in [2.05, 4.69) is 17.0 Å². The average Bonchev–Trinajstić information content (AvgIpc) is 3.04. The van der Waals surface area contributed by atoms with Crippen LogP contribution in [0, 0.1) is 6.92 Å². The number of carbonyl (C=O) groups is 1. The smallest absolute Gasteiger partial charge is 0.240 e. The zero-order chi connectivity index (χ0) is 24.4. The summed E-state index contributed by atoms with van der Waals surface area (Å²) in [4.78, 5) is 26.7. The van der Waals surface area contributed by atoms with Gasteiger partial charge in [0.05, 0.1) is 16.8 Å². The monoisotopic (exact) mass is 488 g/mol. The molecule has 0 bridgehead atoms. The number of rotatable bonds is 5. The highest BCUT2D eigenvalue weighted by molar-refractivity contribution is 6.30. The minimum atomic E-state index is -0.517. The first-order valence-electron chi connectivity index (χ1n) is 12.0. The number of amides is 1. The van der Waals surface area contributed by atoms with E-state index >= 15 is 0 Å². The maximum atomic E-state index is 12.5. The highest BCUT2D eigenvalue weighted by atomic mass is 35.5. The van der Waals surface area contributed by atoms with Gasteiger partial charge in [0.1, 0.15) is 17.0 Å². The van der Waals surface area contributed by atoms with Crippen LogP contribution in [0.25, 0.3) is 16.7 Å². The molecule has 1 saturated heterocycles. The van der Waals surface area contributed by atoms with Gasteiger partial charge >= 0.3 is 0 Å². The first-order valence-corrected chi connectivity index (χ1v) is 12.5. The molecule has 0 N–H and O–H groups in total. The third-order valence-corrected chi connectivity index (χ3v) is 6.57. The van der Waals surface area contributed by atoms with Crippen molar-refractivity contribution in [3.05, 3.63) is 77.7 Å². The number of fused-ring (bicyclic) bond motifs is 1. The van der Waals surface area contributed by atoms with E-state index in [1.807, 2.05) is 65.0 Å². The highest BCUT2D eigenvalue weighted by Gasteiger charge is 2.26. The normalized spacial score (nSPS) is 15.3. The van der Waals surface area contributed by atoms with Gasteiger partial charge in [-0.25, -0.2) is 14.6 Å². The molecule has 1 atom stereocenters. The summed E-state index contributed by atoms with van der Waals surface area (Å²) >= 11 is 6.09. The van der Waals surface area contributed by atoms with E-state index in [9.17, 15) is 4.79 Å². The van der Waals surface area contributed by atoms with Crippen LogP contribution in [0.4, 0.5) is 5.82 Å². The van der Waals surface area contributed by atoms with Crippen molar-refractivity contribution in [3.63, 3.8) is 0 Å². The number of aromatic nitrogens is 4. The van der Waals surface area contributed by atoms with Gasteiger partial charge in [-0.2, -0.15) is 5.10 Å². The van der Waals surface area contributed by atoms with Gasteiger partial charge in [0.25, 0.3) is 0 Å². The van der Waals surface area contributed by atoms with E-state index in [-0.39, 0.29) is 5.91 Å². The Morgan fingerprint density at radius 3 is 2.40 bits per heavy atom. The molecule has 1 amide bonds. The number of anilines is 1. The van der Waals surface area contributed by atoms with Crippen LogP contribution in [-0.4, -0.2) is 62.1 Å². The molecule has 1 aliphatic rings. The number of para-hydroxylation sites is 1. The molecule has 0 aliphatic carbocycles. The molecule has 1 fully saturated rings. The predicted molar refractivity (Wildman–Crippen MR) is 139 cm³/mol. The Balaban J connectivity index is 1.59. The lowest BCUT2D eigenvalue weighted by Gasteiger charge is -2.24. The fourth-order valence-corrected chi connectivity index (χ4v) is 4.78. The maximum absolute atomic E-state index is 12.5. The molecule has 7 nitrogen and oxygen atoms in total. The number of benzene rings is 2. The van der Waals surface area contributed by atoms with Crippen molar-refractivity contribution in [3.8, 4) is 5.69 Å². The van der Waals surface area contributed by atoms with Crippen molar-refractivity contribution >= 4 is 34.4 Å². The molecule has 2 aromatic heterocycles. The second-order valence-corrected chi connectivity index (χ2v) is 9.59. The van der Waals surface area contributed by atoms with Crippen LogP contribution in [0.15, 0.2) is 60.7 Å². The van der Waals surface area contributed by atoms with Gasteiger partial charge in [0, 0.05) is 32.6 Å². The first-order chi connectivity index (χ1) is 17.0. The third kappa shape index (κ3) is 4.86. The Bertz CT molecular complexity index is 1320. The van der Waals surface area contributed by atoms with Crippen LogP contribution < -0.4 is 4.90 Å². The molecule has 4 aromatic rings. The molecule has 2 aromatic carbocycles. The van der Waals surface area contributed by atoms with Crippen molar-refractivity contribution in [1.82, 2.24) is 24.6 Å². The molecular weight excluding hydrogens is 460 g/mol. The van der Waals surface area contributed by atoms with Crippen LogP contribution in [0.3, 0.4) is 0 Å². The second-order valence-electron chi connectivity index (χ2n) is 8.94. The largest absolute Gasteiger partial charge is 0.354 e. The molecule has 8 heteroatoms. The summed E-state index contributed by atoms with van der Waals surface area (Å²) < 4.78 is 1.91. The number of aryl methyl sites for hydroxylation is 1. The Morgan fingerprint density at radius 2 is 1.69 bits per heavy atom. The molecule has 3 heterocycles. The molecule has 0 saturated carbocycles. The zero-order valence-corrected chi connectivity index (χ0v) is 20.8. The number of hydrogen-bond acceptors (Lipinski definition) is 5. The summed E-state index contributed by atoms with van der Waals surface area (Å²) in [5, 5.41) is 5.30. The summed E-state index contributed by atoms with van der Waals surface area (Å²) in [7, 11) is 0. The van der Waals surface area contributed by atoms with E-state index in [1.54, 1.807) is 6.92 Å². The molecule has 35 heavy (non-hydrogen) atoms. The quantitative estimate of drug-likeness (QED) is 0.390. The molecule has 180 valence electrons. The van der Waals surface area contributed by atoms with Crippen molar-refractivity contribution in [2.75, 3.05) is 31.1 Å². The molecule has 1 aliphatic heterocycles. The lowest BCUT2D eigenvalue weighted by atomic mass is 10.1. The molecular formula is C27H29ClN6O. The highest BCUT2D eigenvalue weighted by Crippen LogP contribution is 2.30. The fraction of sp³-hybridized carbons (Fsp3) is 0.333. The summed E-state index contributed by atoms with van der Waals surface area (Å²) in [6.07, 6.45) is 1.48. The number of halogens is 1. The van der Waals surface area contributed by atoms with Crippen LogP contribution >= 0.6 is 11.6 Å². The van der Waals surface area contributed by atoms with Crippen molar-refractivity contribution in [2.24, 2.45) is 0 Å². The number of nitrogens with zero attached hydrogens (tertiary/aromatic N) is 6. The Labute approximate surface area is 210 Å². The summed E-state index contributed by atoms with van der Waals surface area (Å²) in [6, 6.07) is 20.3. The van der Waals surface area contributed by atoms with E-state index in [1.165, 1.54) is 0 Å². The van der Waals surface area contributed by atoms with Crippen molar-refractivity contribution in [2.45, 2.75) is 32.1 Å². The van der Waals surface area contributed by atoms with E-state index in [0.29, 0.717) is 26.1 Å². The lowest BCUT2D eigenvalue weighted by Crippen LogP contribution is -2.38. The van der Waals surface area contributed by atoms with Crippen LogP contribution in [-0.2, 0) is 11.2 Å². The van der Waals surface area contributed by atoms with Gasteiger partial charge in [-0.05, 0) is 38.0 Å². The van der Waals surface area contributed by atoms with E-state index in [0.717, 1.165) is 52.6 Å². The Hall–Kier alpha value is -3.45. The SMILES string of the molecule is Cc1nn(-c2ccccc2)c2nc(Cc3ccccc3)nc(N3CCCN(C(=O)[C@H](C)Cl)CC3)c12. The Morgan fingerprint density at radius 1 is 0.971 bits per heavy atom. The van der Waals surface area contributed by atoms with Gasteiger partial charge in [-0.3, -0.25) is 4.79 Å². The van der Waals surface area contributed by atoms with Crippen molar-refractivity contribution < 1.29 is 4.79 Å².